The Labute approximate surface area is 194 Å². The van der Waals surface area contributed by atoms with Gasteiger partial charge in [0.1, 0.15) is 11.6 Å². The molecule has 0 radical (unpaired) electrons. The number of nitriles is 1. The minimum Gasteiger partial charge on any atom is -0.351 e. The van der Waals surface area contributed by atoms with Crippen molar-refractivity contribution < 1.29 is 23.2 Å². The summed E-state index contributed by atoms with van der Waals surface area (Å²) in [7, 11) is 0. The Kier molecular flexibility index (Phi) is 8.17. The van der Waals surface area contributed by atoms with Gasteiger partial charge in [0.05, 0.1) is 6.07 Å². The Hall–Kier alpha value is -1.99. The van der Waals surface area contributed by atoms with E-state index in [0.29, 0.717) is 32.9 Å². The van der Waals surface area contributed by atoms with Crippen molar-refractivity contribution in [3.8, 4) is 6.07 Å². The zero-order valence-corrected chi connectivity index (χ0v) is 19.8. The highest BCUT2D eigenvalue weighted by atomic mass is 19.3. The number of piperidine rings is 2. The van der Waals surface area contributed by atoms with Crippen LogP contribution in [-0.4, -0.2) is 72.2 Å². The normalized spacial score (nSPS) is 23.4. The number of nitrogens with zero attached hydrogens (tertiary/aromatic N) is 3. The van der Waals surface area contributed by atoms with Gasteiger partial charge in [0.25, 0.3) is 0 Å². The monoisotopic (exact) mass is 469 g/mol. The van der Waals surface area contributed by atoms with E-state index in [1.54, 1.807) is 5.06 Å². The average Bonchev–Trinajstić information content (AvgIpc) is 3.53. The number of unbranched alkanes of at least 4 members (excludes halogenated alkanes) is 1. The highest BCUT2D eigenvalue weighted by molar-refractivity contribution is 5.86. The first-order valence-corrected chi connectivity index (χ1v) is 12.1. The topological polar surface area (TPSA) is 97.7 Å². The summed E-state index contributed by atoms with van der Waals surface area (Å²) in [5.41, 5.74) is -0.723. The molecule has 0 aromatic carbocycles. The molecule has 2 saturated heterocycles. The van der Waals surface area contributed by atoms with Crippen molar-refractivity contribution in [1.29, 1.82) is 5.26 Å². The molecule has 0 bridgehead atoms. The number of hydrogen-bond donors (Lipinski definition) is 2. The fraction of sp³-hybridized carbons (Fsp3) is 0.870. The molecule has 8 nitrogen and oxygen atoms in total. The second-order valence-corrected chi connectivity index (χ2v) is 10.2. The third kappa shape index (κ3) is 7.51. The molecule has 2 aliphatic heterocycles. The molecular formula is C23H37F2N5O3. The lowest BCUT2D eigenvalue weighted by molar-refractivity contribution is -0.140. The van der Waals surface area contributed by atoms with E-state index in [1.165, 1.54) is 12.8 Å². The molecule has 10 heteroatoms. The number of alkyl halides is 2. The number of hydroxylamine groups is 2. The molecule has 1 saturated carbocycles. The van der Waals surface area contributed by atoms with Crippen LogP contribution in [0.5, 0.6) is 0 Å². The molecule has 0 aromatic rings. The number of likely N-dealkylation sites (tertiary alicyclic amines) is 1. The standard InChI is InChI=1S/C23H37F2N5O3/c1-3-4-11-29-12-7-22(8-13-29)9-14-30(15-10-22)33-20(32)27-18(16-21(2,24)25)19(31)28-23(17-26)5-6-23/h18H,3-16H2,1-2H3,(H,27,32)(H,28,31)/t18-/m0/s1. The predicted molar refractivity (Wildman–Crippen MR) is 118 cm³/mol. The summed E-state index contributed by atoms with van der Waals surface area (Å²) in [5.74, 6) is -3.96. The van der Waals surface area contributed by atoms with Crippen LogP contribution in [0.2, 0.25) is 0 Å². The van der Waals surface area contributed by atoms with Crippen molar-refractivity contribution in [3.05, 3.63) is 0 Å². The molecule has 3 fully saturated rings. The number of carbonyl (C=O) groups excluding carboxylic acids is 2. The molecule has 1 spiro atoms. The lowest BCUT2D eigenvalue weighted by atomic mass is 9.71. The Balaban J connectivity index is 1.46. The first-order chi connectivity index (χ1) is 15.6. The van der Waals surface area contributed by atoms with Gasteiger partial charge in [0.15, 0.2) is 0 Å². The van der Waals surface area contributed by atoms with Crippen LogP contribution in [-0.2, 0) is 9.63 Å². The van der Waals surface area contributed by atoms with Crippen LogP contribution in [0.3, 0.4) is 0 Å². The Morgan fingerprint density at radius 3 is 2.24 bits per heavy atom. The molecular weight excluding hydrogens is 432 g/mol. The van der Waals surface area contributed by atoms with Crippen LogP contribution in [0, 0.1) is 16.7 Å². The number of hydrogen-bond acceptors (Lipinski definition) is 6. The van der Waals surface area contributed by atoms with E-state index >= 15 is 0 Å². The summed E-state index contributed by atoms with van der Waals surface area (Å²) in [6, 6.07) is 0.507. The van der Waals surface area contributed by atoms with Crippen molar-refractivity contribution in [2.75, 3.05) is 32.7 Å². The largest absolute Gasteiger partial charge is 0.426 e. The van der Waals surface area contributed by atoms with Crippen LogP contribution in [0.15, 0.2) is 0 Å². The zero-order chi connectivity index (χ0) is 24.1. The molecule has 2 amide bonds. The third-order valence-corrected chi connectivity index (χ3v) is 7.24. The highest BCUT2D eigenvalue weighted by Gasteiger charge is 2.47. The fourth-order valence-electron chi connectivity index (χ4n) is 4.75. The van der Waals surface area contributed by atoms with Crippen molar-refractivity contribution in [3.63, 3.8) is 0 Å². The molecule has 186 valence electrons. The van der Waals surface area contributed by atoms with Crippen molar-refractivity contribution in [2.45, 2.75) is 89.1 Å². The quantitative estimate of drug-likeness (QED) is 0.538. The molecule has 33 heavy (non-hydrogen) atoms. The summed E-state index contributed by atoms with van der Waals surface area (Å²) >= 11 is 0. The van der Waals surface area contributed by atoms with Gasteiger partial charge < -0.3 is 20.4 Å². The van der Waals surface area contributed by atoms with E-state index in [2.05, 4.69) is 22.5 Å². The maximum Gasteiger partial charge on any atom is 0.426 e. The predicted octanol–water partition coefficient (Wildman–Crippen LogP) is 3.19. The number of nitrogens with one attached hydrogen (secondary N) is 2. The number of halogens is 2. The molecule has 1 atom stereocenters. The summed E-state index contributed by atoms with van der Waals surface area (Å²) in [5, 5.41) is 15.5. The van der Waals surface area contributed by atoms with Gasteiger partial charge >= 0.3 is 6.09 Å². The van der Waals surface area contributed by atoms with E-state index in [4.69, 9.17) is 10.1 Å². The van der Waals surface area contributed by atoms with Crippen molar-refractivity contribution >= 4 is 12.0 Å². The van der Waals surface area contributed by atoms with E-state index in [1.807, 2.05) is 6.07 Å². The SMILES string of the molecule is CCCCN1CCC2(CC1)CCN(OC(=O)N[C@@H](CC(C)(F)F)C(=O)NC1(C#N)CC1)CC2. The van der Waals surface area contributed by atoms with Gasteiger partial charge in [0, 0.05) is 19.5 Å². The molecule has 2 heterocycles. The molecule has 3 rings (SSSR count). The lowest BCUT2D eigenvalue weighted by Gasteiger charge is -2.46. The van der Waals surface area contributed by atoms with E-state index < -0.39 is 35.9 Å². The van der Waals surface area contributed by atoms with Gasteiger partial charge in [-0.1, -0.05) is 13.3 Å². The molecule has 2 N–H and O–H groups in total. The Bertz CT molecular complexity index is 729. The average molecular weight is 470 g/mol. The fourth-order valence-corrected chi connectivity index (χ4v) is 4.75. The van der Waals surface area contributed by atoms with Gasteiger partial charge in [-0.25, -0.2) is 13.6 Å². The minimum absolute atomic E-state index is 0.279. The highest BCUT2D eigenvalue weighted by Crippen LogP contribution is 2.41. The lowest BCUT2D eigenvalue weighted by Crippen LogP contribution is -2.53. The van der Waals surface area contributed by atoms with Crippen LogP contribution < -0.4 is 10.6 Å². The van der Waals surface area contributed by atoms with Crippen LogP contribution in [0.4, 0.5) is 13.6 Å². The summed E-state index contributed by atoms with van der Waals surface area (Å²) < 4.78 is 27.2. The maximum atomic E-state index is 13.6. The van der Waals surface area contributed by atoms with E-state index in [9.17, 15) is 18.4 Å². The number of amides is 2. The van der Waals surface area contributed by atoms with Gasteiger partial charge in [-0.05, 0) is 76.9 Å². The van der Waals surface area contributed by atoms with Gasteiger partial charge in [0.2, 0.25) is 11.8 Å². The molecule has 0 unspecified atom stereocenters. The Morgan fingerprint density at radius 1 is 1.12 bits per heavy atom. The van der Waals surface area contributed by atoms with Gasteiger partial charge in [-0.15, -0.1) is 5.06 Å². The number of carbonyl (C=O) groups is 2. The number of rotatable bonds is 9. The van der Waals surface area contributed by atoms with E-state index in [0.717, 1.165) is 45.3 Å². The van der Waals surface area contributed by atoms with Crippen molar-refractivity contribution in [2.24, 2.45) is 5.41 Å². The molecule has 3 aliphatic rings. The summed E-state index contributed by atoms with van der Waals surface area (Å²) in [6.07, 6.45) is 5.71. The third-order valence-electron chi connectivity index (χ3n) is 7.24. The first-order valence-electron chi connectivity index (χ1n) is 12.1. The van der Waals surface area contributed by atoms with E-state index in [-0.39, 0.29) is 5.41 Å². The molecule has 0 aromatic heterocycles. The van der Waals surface area contributed by atoms with Gasteiger partial charge in [-0.3, -0.25) is 4.79 Å². The summed E-state index contributed by atoms with van der Waals surface area (Å²) in [6.45, 7) is 7.43. The summed E-state index contributed by atoms with van der Waals surface area (Å²) in [4.78, 5) is 32.8. The first kappa shape index (κ1) is 25.6. The maximum absolute atomic E-state index is 13.6. The van der Waals surface area contributed by atoms with Crippen LogP contribution in [0.1, 0.15) is 71.6 Å². The van der Waals surface area contributed by atoms with Gasteiger partial charge in [-0.2, -0.15) is 5.26 Å². The molecule has 1 aliphatic carbocycles. The second kappa shape index (κ2) is 10.5. The van der Waals surface area contributed by atoms with Crippen molar-refractivity contribution in [1.82, 2.24) is 20.6 Å². The van der Waals surface area contributed by atoms with Crippen LogP contribution >= 0.6 is 0 Å². The smallest absolute Gasteiger partial charge is 0.351 e. The second-order valence-electron chi connectivity index (χ2n) is 10.2. The minimum atomic E-state index is -3.16. The Morgan fingerprint density at radius 2 is 1.73 bits per heavy atom. The van der Waals surface area contributed by atoms with Crippen LogP contribution in [0.25, 0.3) is 0 Å². The zero-order valence-electron chi connectivity index (χ0n) is 19.8.